The van der Waals surface area contributed by atoms with Crippen LogP contribution in [0.3, 0.4) is 0 Å². The van der Waals surface area contributed by atoms with Gasteiger partial charge >= 0.3 is 5.97 Å². The van der Waals surface area contributed by atoms with E-state index in [1.807, 2.05) is 36.4 Å². The number of carboxylic acids is 1. The highest BCUT2D eigenvalue weighted by Crippen LogP contribution is 2.29. The molecule has 0 aliphatic carbocycles. The fraction of sp³-hybridized carbons (Fsp3) is 0.348. The summed E-state index contributed by atoms with van der Waals surface area (Å²) in [5.41, 5.74) is 0.875. The number of carbonyl (C=O) groups is 2. The molecule has 1 aliphatic rings. The van der Waals surface area contributed by atoms with E-state index in [4.69, 9.17) is 0 Å². The average Bonchev–Trinajstić information content (AvgIpc) is 3.42. The Morgan fingerprint density at radius 1 is 1.22 bits per heavy atom. The zero-order valence-corrected chi connectivity index (χ0v) is 20.9. The minimum atomic E-state index is -1.33. The summed E-state index contributed by atoms with van der Waals surface area (Å²) < 4.78 is 7.32. The predicted octanol–water partition coefficient (Wildman–Crippen LogP) is 2.40. The van der Waals surface area contributed by atoms with E-state index in [9.17, 15) is 19.5 Å². The van der Waals surface area contributed by atoms with Crippen molar-refractivity contribution in [2.75, 3.05) is 23.3 Å². The number of hydrogen-bond donors (Lipinski definition) is 2. The van der Waals surface area contributed by atoms with Gasteiger partial charge in [-0.15, -0.1) is 0 Å². The highest BCUT2D eigenvalue weighted by Gasteiger charge is 2.34. The summed E-state index contributed by atoms with van der Waals surface area (Å²) in [4.78, 5) is 48.2. The van der Waals surface area contributed by atoms with E-state index in [1.54, 1.807) is 13.0 Å². The molecule has 5 rings (SSSR count). The summed E-state index contributed by atoms with van der Waals surface area (Å²) in [6.07, 6.45) is 2.58. The lowest BCUT2D eigenvalue weighted by molar-refractivity contribution is -0.120. The Kier molecular flexibility index (Phi) is 5.79. The van der Waals surface area contributed by atoms with Crippen LogP contribution in [0.2, 0.25) is 0 Å². The topological polar surface area (TPSA) is 148 Å². The van der Waals surface area contributed by atoms with Gasteiger partial charge in [-0.25, -0.2) is 14.8 Å². The lowest BCUT2D eigenvalue weighted by Crippen LogP contribution is -2.52. The second-order valence-corrected chi connectivity index (χ2v) is 9.83. The molecule has 0 aromatic carbocycles. The van der Waals surface area contributed by atoms with Gasteiger partial charge < -0.3 is 15.3 Å². The Morgan fingerprint density at radius 3 is 2.58 bits per heavy atom. The third-order valence-corrected chi connectivity index (χ3v) is 6.83. The number of rotatable bonds is 6. The number of fused-ring (bicyclic) bond motifs is 1. The third-order valence-electron chi connectivity index (χ3n) is 6.17. The number of hydrogen-bond acceptors (Lipinski definition) is 9. The fourth-order valence-corrected chi connectivity index (χ4v) is 4.85. The minimum absolute atomic E-state index is 0.117. The Bertz CT molecular complexity index is 1550. The van der Waals surface area contributed by atoms with Gasteiger partial charge in [0.15, 0.2) is 11.5 Å². The van der Waals surface area contributed by atoms with Gasteiger partial charge in [-0.3, -0.25) is 18.8 Å². The zero-order valence-electron chi connectivity index (χ0n) is 20.1. The smallest absolute Gasteiger partial charge is 0.341 e. The molecular formula is C23H24N8O4S. The number of pyridine rings is 2. The van der Waals surface area contributed by atoms with Crippen molar-refractivity contribution in [3.05, 3.63) is 51.7 Å². The monoisotopic (exact) mass is 508 g/mol. The van der Waals surface area contributed by atoms with Crippen LogP contribution in [-0.2, 0) is 4.79 Å². The van der Waals surface area contributed by atoms with E-state index < -0.39 is 11.4 Å². The second kappa shape index (κ2) is 8.82. The minimum Gasteiger partial charge on any atom is -0.477 e. The first-order valence-corrected chi connectivity index (χ1v) is 12.1. The largest absolute Gasteiger partial charge is 0.477 e. The molecule has 1 saturated heterocycles. The molecule has 4 aromatic heterocycles. The van der Waals surface area contributed by atoms with Crippen molar-refractivity contribution in [1.82, 2.24) is 28.7 Å². The van der Waals surface area contributed by atoms with E-state index >= 15 is 0 Å². The van der Waals surface area contributed by atoms with E-state index in [2.05, 4.69) is 24.8 Å². The van der Waals surface area contributed by atoms with Crippen molar-refractivity contribution < 1.29 is 14.7 Å². The van der Waals surface area contributed by atoms with Crippen molar-refractivity contribution in [1.29, 1.82) is 0 Å². The molecule has 0 bridgehead atoms. The summed E-state index contributed by atoms with van der Waals surface area (Å²) in [6.45, 7) is 8.64. The van der Waals surface area contributed by atoms with Gasteiger partial charge in [-0.05, 0) is 39.3 Å². The van der Waals surface area contributed by atoms with E-state index in [0.717, 1.165) is 17.2 Å². The molecule has 186 valence electrons. The fourth-order valence-electron chi connectivity index (χ4n) is 4.34. The van der Waals surface area contributed by atoms with Crippen LogP contribution >= 0.6 is 11.5 Å². The SMILES string of the molecule is Cc1cc(N2CC(C(=O)Nc3cc(C)n(C(C)C)n3)C2)nc2c1c(=O)c(C(=O)O)cn2-c1ncns1. The van der Waals surface area contributed by atoms with Crippen molar-refractivity contribution in [2.45, 2.75) is 33.7 Å². The van der Waals surface area contributed by atoms with Crippen molar-refractivity contribution in [2.24, 2.45) is 5.92 Å². The molecule has 0 saturated carbocycles. The molecule has 1 amide bonds. The Labute approximate surface area is 209 Å². The summed E-state index contributed by atoms with van der Waals surface area (Å²) >= 11 is 1.06. The molecule has 5 heterocycles. The molecule has 36 heavy (non-hydrogen) atoms. The molecule has 0 unspecified atom stereocenters. The number of carboxylic acid groups (broad SMARTS) is 1. The molecule has 4 aromatic rings. The molecule has 1 fully saturated rings. The number of aromatic carboxylic acids is 1. The molecule has 13 heteroatoms. The van der Waals surface area contributed by atoms with Crippen LogP contribution in [-0.4, -0.2) is 58.8 Å². The van der Waals surface area contributed by atoms with Crippen molar-refractivity contribution >= 4 is 46.1 Å². The van der Waals surface area contributed by atoms with E-state index in [-0.39, 0.29) is 28.8 Å². The number of nitrogens with zero attached hydrogens (tertiary/aromatic N) is 7. The quantitative estimate of drug-likeness (QED) is 0.400. The number of anilines is 2. The predicted molar refractivity (Wildman–Crippen MR) is 134 cm³/mol. The summed E-state index contributed by atoms with van der Waals surface area (Å²) in [7, 11) is 0. The number of carbonyl (C=O) groups excluding carboxylic acids is 1. The summed E-state index contributed by atoms with van der Waals surface area (Å²) in [6, 6.07) is 3.78. The lowest BCUT2D eigenvalue weighted by atomic mass is 9.98. The van der Waals surface area contributed by atoms with Gasteiger partial charge in [-0.1, -0.05) is 0 Å². The van der Waals surface area contributed by atoms with Gasteiger partial charge in [-0.2, -0.15) is 9.47 Å². The van der Waals surface area contributed by atoms with Crippen LogP contribution in [0, 0.1) is 19.8 Å². The molecule has 0 spiro atoms. The first-order valence-electron chi connectivity index (χ1n) is 11.3. The van der Waals surface area contributed by atoms with Crippen LogP contribution in [0.15, 0.2) is 29.5 Å². The Balaban J connectivity index is 1.42. The van der Waals surface area contributed by atoms with Gasteiger partial charge in [0.25, 0.3) is 0 Å². The van der Waals surface area contributed by atoms with Gasteiger partial charge in [0.2, 0.25) is 16.5 Å². The van der Waals surface area contributed by atoms with E-state index in [1.165, 1.54) is 17.1 Å². The molecule has 0 radical (unpaired) electrons. The number of aryl methyl sites for hydroxylation is 2. The summed E-state index contributed by atoms with van der Waals surface area (Å²) in [5.74, 6) is -0.570. The maximum Gasteiger partial charge on any atom is 0.341 e. The van der Waals surface area contributed by atoms with Crippen LogP contribution < -0.4 is 15.6 Å². The van der Waals surface area contributed by atoms with Gasteiger partial charge in [0, 0.05) is 48.6 Å². The number of aromatic nitrogens is 6. The second-order valence-electron chi connectivity index (χ2n) is 9.07. The van der Waals surface area contributed by atoms with E-state index in [0.29, 0.717) is 41.1 Å². The van der Waals surface area contributed by atoms with Crippen molar-refractivity contribution in [3.8, 4) is 5.13 Å². The molecule has 1 aliphatic heterocycles. The normalized spacial score (nSPS) is 13.9. The number of nitrogens with one attached hydrogen (secondary N) is 1. The maximum absolute atomic E-state index is 12.9. The zero-order chi connectivity index (χ0) is 25.7. The van der Waals surface area contributed by atoms with Crippen LogP contribution in [0.25, 0.3) is 16.2 Å². The van der Waals surface area contributed by atoms with Crippen LogP contribution in [0.4, 0.5) is 11.6 Å². The molecule has 12 nitrogen and oxygen atoms in total. The Morgan fingerprint density at radius 2 is 1.97 bits per heavy atom. The number of amides is 1. The Hall–Kier alpha value is -4.13. The highest BCUT2D eigenvalue weighted by atomic mass is 32.1. The van der Waals surface area contributed by atoms with Crippen molar-refractivity contribution in [3.63, 3.8) is 0 Å². The molecule has 0 atom stereocenters. The van der Waals surface area contributed by atoms with Crippen LogP contribution in [0.5, 0.6) is 0 Å². The average molecular weight is 509 g/mol. The summed E-state index contributed by atoms with van der Waals surface area (Å²) in [5, 5.41) is 17.5. The first kappa shape index (κ1) is 23.6. The molecular weight excluding hydrogens is 484 g/mol. The standard InChI is InChI=1S/C23H24N8O4S/c1-11(2)31-13(4)6-16(28-31)26-21(33)14-7-29(8-14)17-5-12(3)18-19(32)15(22(34)35)9-30(20(18)27-17)23-24-10-25-36-23/h5-6,9-11,14H,7-8H2,1-4H3,(H,34,35)(H,26,28,33). The third kappa shape index (κ3) is 4.00. The molecule has 2 N–H and O–H groups in total. The lowest BCUT2D eigenvalue weighted by Gasteiger charge is -2.39. The van der Waals surface area contributed by atoms with Crippen LogP contribution in [0.1, 0.15) is 41.5 Å². The first-order chi connectivity index (χ1) is 17.1. The van der Waals surface area contributed by atoms with Gasteiger partial charge in [0.05, 0.1) is 11.3 Å². The highest BCUT2D eigenvalue weighted by molar-refractivity contribution is 7.08. The maximum atomic E-state index is 12.9. The van der Waals surface area contributed by atoms with Gasteiger partial charge in [0.1, 0.15) is 17.7 Å².